The SMILES string of the molecule is CCCCCCCCCCCC(O)Cc1ncnn1CC. The van der Waals surface area contributed by atoms with Crippen LogP contribution in [-0.2, 0) is 13.0 Å². The second kappa shape index (κ2) is 11.7. The van der Waals surface area contributed by atoms with Crippen LogP contribution in [0.1, 0.15) is 83.9 Å². The fourth-order valence-corrected chi connectivity index (χ4v) is 2.71. The van der Waals surface area contributed by atoms with E-state index in [2.05, 4.69) is 17.0 Å². The summed E-state index contributed by atoms with van der Waals surface area (Å²) in [6, 6.07) is 0. The first-order chi connectivity index (χ1) is 10.3. The van der Waals surface area contributed by atoms with E-state index in [1.807, 2.05) is 11.6 Å². The molecule has 122 valence electrons. The van der Waals surface area contributed by atoms with Crippen LogP contribution in [-0.4, -0.2) is 26.0 Å². The molecule has 0 saturated carbocycles. The van der Waals surface area contributed by atoms with Gasteiger partial charge in [-0.05, 0) is 13.3 Å². The highest BCUT2D eigenvalue weighted by Crippen LogP contribution is 2.12. The smallest absolute Gasteiger partial charge is 0.138 e. The number of unbranched alkanes of at least 4 members (excludes halogenated alkanes) is 8. The molecule has 0 fully saturated rings. The number of aromatic nitrogens is 3. The Labute approximate surface area is 130 Å². The highest BCUT2D eigenvalue weighted by molar-refractivity contribution is 4.87. The van der Waals surface area contributed by atoms with Crippen molar-refractivity contribution in [1.82, 2.24) is 14.8 Å². The van der Waals surface area contributed by atoms with Crippen LogP contribution in [0, 0.1) is 0 Å². The minimum absolute atomic E-state index is 0.274. The molecule has 4 nitrogen and oxygen atoms in total. The molecule has 4 heteroatoms. The molecule has 1 N–H and O–H groups in total. The van der Waals surface area contributed by atoms with Gasteiger partial charge in [-0.3, -0.25) is 4.68 Å². The second-order valence-electron chi connectivity index (χ2n) is 5.97. The van der Waals surface area contributed by atoms with Gasteiger partial charge in [0.2, 0.25) is 0 Å². The van der Waals surface area contributed by atoms with Crippen molar-refractivity contribution in [3.63, 3.8) is 0 Å². The zero-order chi connectivity index (χ0) is 15.3. The van der Waals surface area contributed by atoms with Crippen LogP contribution >= 0.6 is 0 Å². The fourth-order valence-electron chi connectivity index (χ4n) is 2.71. The van der Waals surface area contributed by atoms with E-state index in [4.69, 9.17) is 0 Å². The van der Waals surface area contributed by atoms with Gasteiger partial charge in [-0.1, -0.05) is 64.7 Å². The Morgan fingerprint density at radius 1 is 1.00 bits per heavy atom. The Balaban J connectivity index is 1.97. The van der Waals surface area contributed by atoms with Crippen molar-refractivity contribution in [2.45, 2.75) is 97.1 Å². The molecule has 0 bridgehead atoms. The fraction of sp³-hybridized carbons (Fsp3) is 0.882. The van der Waals surface area contributed by atoms with Crippen LogP contribution in [0.4, 0.5) is 0 Å². The summed E-state index contributed by atoms with van der Waals surface area (Å²) >= 11 is 0. The predicted octanol–water partition coefficient (Wildman–Crippen LogP) is 4.12. The molecule has 1 rings (SSSR count). The highest BCUT2D eigenvalue weighted by atomic mass is 16.3. The van der Waals surface area contributed by atoms with E-state index >= 15 is 0 Å². The first kappa shape index (κ1) is 18.1. The third-order valence-electron chi connectivity index (χ3n) is 4.05. The summed E-state index contributed by atoms with van der Waals surface area (Å²) in [4.78, 5) is 4.21. The van der Waals surface area contributed by atoms with Gasteiger partial charge in [0.05, 0.1) is 6.10 Å². The minimum Gasteiger partial charge on any atom is -0.393 e. The zero-order valence-electron chi connectivity index (χ0n) is 13.9. The monoisotopic (exact) mass is 295 g/mol. The number of hydrogen-bond acceptors (Lipinski definition) is 3. The Hall–Kier alpha value is -0.900. The van der Waals surface area contributed by atoms with Crippen molar-refractivity contribution in [2.75, 3.05) is 0 Å². The summed E-state index contributed by atoms with van der Waals surface area (Å²) < 4.78 is 1.86. The lowest BCUT2D eigenvalue weighted by Gasteiger charge is -2.10. The van der Waals surface area contributed by atoms with Gasteiger partial charge in [0.25, 0.3) is 0 Å². The lowest BCUT2D eigenvalue weighted by molar-refractivity contribution is 0.157. The third-order valence-corrected chi connectivity index (χ3v) is 4.05. The van der Waals surface area contributed by atoms with E-state index in [0.717, 1.165) is 25.2 Å². The largest absolute Gasteiger partial charge is 0.393 e. The molecule has 1 unspecified atom stereocenters. The van der Waals surface area contributed by atoms with Gasteiger partial charge < -0.3 is 5.11 Å². The molecule has 0 amide bonds. The third kappa shape index (κ3) is 8.20. The molecule has 0 aromatic carbocycles. The van der Waals surface area contributed by atoms with E-state index in [1.54, 1.807) is 6.33 Å². The minimum atomic E-state index is -0.274. The van der Waals surface area contributed by atoms with Crippen molar-refractivity contribution in [2.24, 2.45) is 0 Å². The predicted molar refractivity (Wildman–Crippen MR) is 87.3 cm³/mol. The van der Waals surface area contributed by atoms with Crippen LogP contribution in [0.2, 0.25) is 0 Å². The summed E-state index contributed by atoms with van der Waals surface area (Å²) in [5.74, 6) is 0.904. The van der Waals surface area contributed by atoms with E-state index in [0.29, 0.717) is 6.42 Å². The first-order valence-corrected chi connectivity index (χ1v) is 8.82. The van der Waals surface area contributed by atoms with Gasteiger partial charge >= 0.3 is 0 Å². The van der Waals surface area contributed by atoms with Crippen molar-refractivity contribution >= 4 is 0 Å². The Kier molecular flexibility index (Phi) is 10.1. The van der Waals surface area contributed by atoms with E-state index in [9.17, 15) is 5.11 Å². The maximum atomic E-state index is 10.1. The molecule has 1 heterocycles. The summed E-state index contributed by atoms with van der Waals surface area (Å²) in [6.45, 7) is 5.12. The zero-order valence-corrected chi connectivity index (χ0v) is 13.9. The van der Waals surface area contributed by atoms with Gasteiger partial charge in [0.1, 0.15) is 12.2 Å². The molecule has 1 aromatic rings. The normalized spacial score (nSPS) is 12.7. The van der Waals surface area contributed by atoms with Gasteiger partial charge in [0, 0.05) is 13.0 Å². The number of aliphatic hydroxyl groups excluding tert-OH is 1. The summed E-state index contributed by atoms with van der Waals surface area (Å²) in [5, 5.41) is 14.2. The van der Waals surface area contributed by atoms with Crippen molar-refractivity contribution in [3.05, 3.63) is 12.2 Å². The average Bonchev–Trinajstić information content (AvgIpc) is 2.92. The molecule has 0 aliphatic rings. The number of hydrogen-bond donors (Lipinski definition) is 1. The van der Waals surface area contributed by atoms with Gasteiger partial charge in [0.15, 0.2) is 0 Å². The van der Waals surface area contributed by atoms with Crippen LogP contribution in [0.5, 0.6) is 0 Å². The Morgan fingerprint density at radius 2 is 1.62 bits per heavy atom. The highest BCUT2D eigenvalue weighted by Gasteiger charge is 2.10. The Bertz CT molecular complexity index is 352. The summed E-state index contributed by atoms with van der Waals surface area (Å²) in [6.07, 6.45) is 14.7. The van der Waals surface area contributed by atoms with Crippen LogP contribution in [0.15, 0.2) is 6.33 Å². The molecule has 1 aromatic heterocycles. The maximum Gasteiger partial charge on any atom is 0.138 e. The van der Waals surface area contributed by atoms with Gasteiger partial charge in [-0.15, -0.1) is 0 Å². The van der Waals surface area contributed by atoms with Crippen molar-refractivity contribution < 1.29 is 5.11 Å². The lowest BCUT2D eigenvalue weighted by atomic mass is 10.0. The number of nitrogens with zero attached hydrogens (tertiary/aromatic N) is 3. The molecule has 0 radical (unpaired) electrons. The van der Waals surface area contributed by atoms with Crippen LogP contribution < -0.4 is 0 Å². The number of aliphatic hydroxyl groups is 1. The van der Waals surface area contributed by atoms with E-state index < -0.39 is 0 Å². The summed E-state index contributed by atoms with van der Waals surface area (Å²) in [5.41, 5.74) is 0. The van der Waals surface area contributed by atoms with E-state index in [-0.39, 0.29) is 6.10 Å². The lowest BCUT2D eigenvalue weighted by Crippen LogP contribution is -2.15. The maximum absolute atomic E-state index is 10.1. The van der Waals surface area contributed by atoms with Gasteiger partial charge in [-0.2, -0.15) is 5.10 Å². The summed E-state index contributed by atoms with van der Waals surface area (Å²) in [7, 11) is 0. The van der Waals surface area contributed by atoms with Gasteiger partial charge in [-0.25, -0.2) is 4.98 Å². The molecular formula is C17H33N3O. The first-order valence-electron chi connectivity index (χ1n) is 8.82. The molecule has 21 heavy (non-hydrogen) atoms. The molecule has 0 aliphatic heterocycles. The topological polar surface area (TPSA) is 50.9 Å². The molecule has 1 atom stereocenters. The number of aryl methyl sites for hydroxylation is 1. The second-order valence-corrected chi connectivity index (χ2v) is 5.97. The molecular weight excluding hydrogens is 262 g/mol. The van der Waals surface area contributed by atoms with Crippen molar-refractivity contribution in [1.29, 1.82) is 0 Å². The van der Waals surface area contributed by atoms with Crippen LogP contribution in [0.3, 0.4) is 0 Å². The molecule has 0 saturated heterocycles. The van der Waals surface area contributed by atoms with Crippen LogP contribution in [0.25, 0.3) is 0 Å². The Morgan fingerprint density at radius 3 is 2.24 bits per heavy atom. The average molecular weight is 295 g/mol. The quantitative estimate of drug-likeness (QED) is 0.557. The molecule has 0 spiro atoms. The van der Waals surface area contributed by atoms with Crippen molar-refractivity contribution in [3.8, 4) is 0 Å². The van der Waals surface area contributed by atoms with E-state index in [1.165, 1.54) is 51.4 Å². The standard InChI is InChI=1S/C17H33N3O/c1-3-5-6-7-8-9-10-11-12-13-16(21)14-17-18-15-19-20(17)4-2/h15-16,21H,3-14H2,1-2H3. The molecule has 0 aliphatic carbocycles. The number of rotatable bonds is 13.